The van der Waals surface area contributed by atoms with Gasteiger partial charge < -0.3 is 19.4 Å². The number of nitrogens with zero attached hydrogens (tertiary/aromatic N) is 1. The smallest absolute Gasteiger partial charge is 0.320 e. The van der Waals surface area contributed by atoms with Crippen LogP contribution in [0.3, 0.4) is 0 Å². The van der Waals surface area contributed by atoms with Crippen LogP contribution in [0.4, 0.5) is 0 Å². The van der Waals surface area contributed by atoms with Crippen molar-refractivity contribution >= 4 is 20.3 Å². The van der Waals surface area contributed by atoms with Gasteiger partial charge in [0, 0.05) is 19.6 Å². The Hall–Kier alpha value is -3.30. The number of hydrogen-bond donors (Lipinski definition) is 2. The number of ether oxygens (including phenoxy) is 1. The zero-order valence-corrected chi connectivity index (χ0v) is 34.4. The van der Waals surface area contributed by atoms with Gasteiger partial charge in [0.15, 0.2) is 8.32 Å². The maximum absolute atomic E-state index is 12.9. The quantitative estimate of drug-likeness (QED) is 0.0480. The average molecular weight is 746 g/mol. The molecule has 0 saturated carbocycles. The van der Waals surface area contributed by atoms with Crippen LogP contribution in [-0.2, 0) is 24.4 Å². The summed E-state index contributed by atoms with van der Waals surface area (Å²) in [5, 5.41) is 19.8. The molecule has 0 aliphatic carbocycles. The minimum Gasteiger partial charge on any atom is -0.481 e. The average Bonchev–Trinajstić information content (AvgIpc) is 3.13. The summed E-state index contributed by atoms with van der Waals surface area (Å²) in [4.78, 5) is 26.2. The van der Waals surface area contributed by atoms with Crippen molar-refractivity contribution in [3.63, 3.8) is 0 Å². The molecule has 0 fully saturated rings. The van der Waals surface area contributed by atoms with Crippen molar-refractivity contribution in [3.05, 3.63) is 108 Å². The molecule has 0 aliphatic rings. The maximum atomic E-state index is 12.9. The standard InChI is InChI=1S/C45H67NO6Si/c1-7-8-9-21-32-41(43(49)50)46(36-40(31-20-13-22-33-42(47)48)52-53(5,6)44(2,3)4)34-23-24-35-51-45(37-25-14-10-15-26-37,38-27-16-11-17-28-38)39-29-18-12-19-30-39/h10-12,14-19,25-30,40-41H,7-9,13,20-24,31-36H2,1-6H3,(H,47,48)(H,49,50). The number of rotatable bonds is 26. The Labute approximate surface area is 321 Å². The summed E-state index contributed by atoms with van der Waals surface area (Å²) >= 11 is 0. The zero-order chi connectivity index (χ0) is 38.7. The molecule has 0 aromatic heterocycles. The van der Waals surface area contributed by atoms with E-state index in [0.29, 0.717) is 32.5 Å². The van der Waals surface area contributed by atoms with E-state index in [-0.39, 0.29) is 17.6 Å². The fourth-order valence-corrected chi connectivity index (χ4v) is 8.26. The van der Waals surface area contributed by atoms with Crippen LogP contribution in [0, 0.1) is 0 Å². The second kappa shape index (κ2) is 22.2. The molecule has 7 nitrogen and oxygen atoms in total. The van der Waals surface area contributed by atoms with Gasteiger partial charge in [-0.1, -0.05) is 157 Å². The van der Waals surface area contributed by atoms with Crippen molar-refractivity contribution in [3.8, 4) is 0 Å². The fourth-order valence-electron chi connectivity index (χ4n) is 6.88. The third-order valence-electron chi connectivity index (χ3n) is 10.9. The van der Waals surface area contributed by atoms with Gasteiger partial charge in [-0.25, -0.2) is 0 Å². The maximum Gasteiger partial charge on any atom is 0.320 e. The number of benzene rings is 3. The lowest BCUT2D eigenvalue weighted by molar-refractivity contribution is -0.144. The molecule has 2 atom stereocenters. The van der Waals surface area contributed by atoms with Gasteiger partial charge in [-0.2, -0.15) is 0 Å². The molecule has 3 aromatic carbocycles. The summed E-state index contributed by atoms with van der Waals surface area (Å²) < 4.78 is 14.1. The highest BCUT2D eigenvalue weighted by Crippen LogP contribution is 2.41. The highest BCUT2D eigenvalue weighted by Gasteiger charge is 2.40. The first-order chi connectivity index (χ1) is 25.3. The number of carboxylic acid groups (broad SMARTS) is 2. The van der Waals surface area contributed by atoms with E-state index in [4.69, 9.17) is 14.3 Å². The minimum absolute atomic E-state index is 0.00579. The van der Waals surface area contributed by atoms with Gasteiger partial charge in [0.2, 0.25) is 0 Å². The number of carbonyl (C=O) groups is 2. The van der Waals surface area contributed by atoms with Crippen LogP contribution in [-0.4, -0.2) is 67.2 Å². The summed E-state index contributed by atoms with van der Waals surface area (Å²) in [6.45, 7) is 15.0. The van der Waals surface area contributed by atoms with E-state index in [1.54, 1.807) is 0 Å². The van der Waals surface area contributed by atoms with Gasteiger partial charge in [0.25, 0.3) is 0 Å². The van der Waals surface area contributed by atoms with Crippen LogP contribution >= 0.6 is 0 Å². The van der Waals surface area contributed by atoms with Gasteiger partial charge in [0.1, 0.15) is 11.6 Å². The molecule has 2 unspecified atom stereocenters. The van der Waals surface area contributed by atoms with E-state index in [9.17, 15) is 14.7 Å². The van der Waals surface area contributed by atoms with E-state index >= 15 is 0 Å². The van der Waals surface area contributed by atoms with Gasteiger partial charge in [-0.15, -0.1) is 0 Å². The van der Waals surface area contributed by atoms with Crippen molar-refractivity contribution in [1.29, 1.82) is 0 Å². The van der Waals surface area contributed by atoms with E-state index < -0.39 is 31.9 Å². The second-order valence-corrected chi connectivity index (χ2v) is 20.8. The molecule has 0 amide bonds. The lowest BCUT2D eigenvalue weighted by Gasteiger charge is -2.41. The third kappa shape index (κ3) is 13.8. The van der Waals surface area contributed by atoms with Crippen LogP contribution in [0.5, 0.6) is 0 Å². The van der Waals surface area contributed by atoms with Crippen LogP contribution in [0.2, 0.25) is 18.1 Å². The molecular weight excluding hydrogens is 679 g/mol. The molecule has 0 bridgehead atoms. The first-order valence-electron chi connectivity index (χ1n) is 20.0. The Morgan fingerprint density at radius 1 is 0.698 bits per heavy atom. The van der Waals surface area contributed by atoms with E-state index in [2.05, 4.69) is 118 Å². The molecule has 3 rings (SSSR count). The lowest BCUT2D eigenvalue weighted by atomic mass is 9.80. The summed E-state index contributed by atoms with van der Waals surface area (Å²) in [5.41, 5.74) is 2.39. The second-order valence-electron chi connectivity index (χ2n) is 16.0. The summed E-state index contributed by atoms with van der Waals surface area (Å²) in [6, 6.07) is 30.6. The van der Waals surface area contributed by atoms with Gasteiger partial charge in [-0.05, 0) is 73.5 Å². The third-order valence-corrected chi connectivity index (χ3v) is 15.4. The molecule has 53 heavy (non-hydrogen) atoms. The number of aliphatic carboxylic acids is 2. The van der Waals surface area contributed by atoms with Crippen molar-refractivity contribution in [2.45, 2.75) is 141 Å². The Kier molecular flexibility index (Phi) is 18.4. The molecule has 0 spiro atoms. The summed E-state index contributed by atoms with van der Waals surface area (Å²) in [7, 11) is -2.17. The Morgan fingerprint density at radius 2 is 1.21 bits per heavy atom. The first kappa shape index (κ1) is 44.1. The summed E-state index contributed by atoms with van der Waals surface area (Å²) in [5.74, 6) is -1.54. The molecule has 2 N–H and O–H groups in total. The molecule has 8 heteroatoms. The van der Waals surface area contributed by atoms with E-state index in [1.807, 2.05) is 18.2 Å². The Bertz CT molecular complexity index is 1360. The topological polar surface area (TPSA) is 96.3 Å². The van der Waals surface area contributed by atoms with Crippen LogP contribution in [0.15, 0.2) is 91.0 Å². The molecule has 0 radical (unpaired) electrons. The van der Waals surface area contributed by atoms with Crippen molar-refractivity contribution < 1.29 is 29.0 Å². The van der Waals surface area contributed by atoms with E-state index in [1.165, 1.54) is 0 Å². The minimum atomic E-state index is -2.17. The first-order valence-corrected chi connectivity index (χ1v) is 22.9. The lowest BCUT2D eigenvalue weighted by Crippen LogP contribution is -2.50. The van der Waals surface area contributed by atoms with E-state index in [0.717, 1.165) is 74.5 Å². The highest BCUT2D eigenvalue weighted by atomic mass is 28.4. The molecule has 292 valence electrons. The zero-order valence-electron chi connectivity index (χ0n) is 33.4. The van der Waals surface area contributed by atoms with Crippen molar-refractivity contribution in [2.75, 3.05) is 19.7 Å². The largest absolute Gasteiger partial charge is 0.481 e. The molecule has 0 aliphatic heterocycles. The SMILES string of the molecule is CCCCCCC(C(=O)O)N(CCCCOC(c1ccccc1)(c1ccccc1)c1ccccc1)CC(CCCCCC(=O)O)O[Si](C)(C)C(C)(C)C. The molecule has 0 saturated heterocycles. The number of hydrogen-bond acceptors (Lipinski definition) is 5. The van der Waals surface area contributed by atoms with Crippen LogP contribution in [0.25, 0.3) is 0 Å². The normalized spacial score (nSPS) is 13.6. The predicted octanol–water partition coefficient (Wildman–Crippen LogP) is 10.9. The van der Waals surface area contributed by atoms with Gasteiger partial charge >= 0.3 is 11.9 Å². The summed E-state index contributed by atoms with van der Waals surface area (Å²) in [6.07, 6.45) is 9.36. The van der Waals surface area contributed by atoms with Crippen molar-refractivity contribution in [2.24, 2.45) is 0 Å². The Morgan fingerprint density at radius 3 is 1.68 bits per heavy atom. The Balaban J connectivity index is 1.85. The van der Waals surface area contributed by atoms with Crippen LogP contribution in [0.1, 0.15) is 121 Å². The monoisotopic (exact) mass is 745 g/mol. The predicted molar refractivity (Wildman–Crippen MR) is 219 cm³/mol. The highest BCUT2D eigenvalue weighted by molar-refractivity contribution is 6.74. The van der Waals surface area contributed by atoms with Gasteiger partial charge in [0.05, 0.1) is 6.10 Å². The van der Waals surface area contributed by atoms with Gasteiger partial charge in [-0.3, -0.25) is 14.5 Å². The number of carboxylic acids is 2. The number of unbranched alkanes of at least 4 members (excludes halogenated alkanes) is 6. The molecule has 3 aromatic rings. The molecular formula is C45H67NO6Si. The fraction of sp³-hybridized carbons (Fsp3) is 0.556. The molecule has 0 heterocycles. The van der Waals surface area contributed by atoms with Crippen LogP contribution < -0.4 is 0 Å². The van der Waals surface area contributed by atoms with Crippen molar-refractivity contribution in [1.82, 2.24) is 4.90 Å².